The van der Waals surface area contributed by atoms with Crippen LogP contribution in [0.25, 0.3) is 0 Å². The number of sulfone groups is 1. The van der Waals surface area contributed by atoms with Gasteiger partial charge < -0.3 is 5.73 Å². The zero-order chi connectivity index (χ0) is 12.8. The van der Waals surface area contributed by atoms with Gasteiger partial charge in [-0.3, -0.25) is 4.90 Å². The molecule has 3 rings (SSSR count). The van der Waals surface area contributed by atoms with Gasteiger partial charge in [0.15, 0.2) is 9.84 Å². The molecule has 5 heteroatoms. The van der Waals surface area contributed by atoms with Crippen LogP contribution in [-0.4, -0.2) is 37.9 Å². The van der Waals surface area contributed by atoms with Crippen LogP contribution in [0.1, 0.15) is 23.6 Å². The molecule has 0 saturated carbocycles. The lowest BCUT2D eigenvalue weighted by atomic mass is 10.1. The lowest BCUT2D eigenvalue weighted by Crippen LogP contribution is -2.41. The number of aryl methyl sites for hydroxylation is 1. The summed E-state index contributed by atoms with van der Waals surface area (Å²) in [6.07, 6.45) is 2.13. The SMILES string of the molecule is Nc1ccc2c(c1)CCC2N1CCS(=O)(=O)CC1. The van der Waals surface area contributed by atoms with E-state index < -0.39 is 9.84 Å². The van der Waals surface area contributed by atoms with E-state index in [2.05, 4.69) is 17.0 Å². The van der Waals surface area contributed by atoms with Crippen molar-refractivity contribution in [3.63, 3.8) is 0 Å². The summed E-state index contributed by atoms with van der Waals surface area (Å²) >= 11 is 0. The van der Waals surface area contributed by atoms with Crippen LogP contribution in [0.4, 0.5) is 5.69 Å². The molecule has 0 aromatic heterocycles. The molecule has 98 valence electrons. The molecular weight excluding hydrogens is 248 g/mol. The van der Waals surface area contributed by atoms with E-state index in [0.29, 0.717) is 30.6 Å². The Morgan fingerprint density at radius 2 is 1.94 bits per heavy atom. The van der Waals surface area contributed by atoms with Gasteiger partial charge in [0, 0.05) is 24.8 Å². The van der Waals surface area contributed by atoms with E-state index in [0.717, 1.165) is 18.5 Å². The predicted octanol–water partition coefficient (Wildman–Crippen LogP) is 0.986. The Hall–Kier alpha value is -1.07. The summed E-state index contributed by atoms with van der Waals surface area (Å²) in [6, 6.07) is 6.48. The van der Waals surface area contributed by atoms with E-state index >= 15 is 0 Å². The van der Waals surface area contributed by atoms with Crippen molar-refractivity contribution in [3.05, 3.63) is 29.3 Å². The highest BCUT2D eigenvalue weighted by molar-refractivity contribution is 7.91. The maximum atomic E-state index is 11.5. The van der Waals surface area contributed by atoms with Crippen molar-refractivity contribution in [2.45, 2.75) is 18.9 Å². The molecule has 18 heavy (non-hydrogen) atoms. The molecule has 1 aliphatic carbocycles. The fourth-order valence-electron chi connectivity index (χ4n) is 3.03. The van der Waals surface area contributed by atoms with Crippen LogP contribution in [0.2, 0.25) is 0 Å². The summed E-state index contributed by atoms with van der Waals surface area (Å²) in [7, 11) is -2.79. The van der Waals surface area contributed by atoms with Crippen molar-refractivity contribution < 1.29 is 8.42 Å². The van der Waals surface area contributed by atoms with Crippen LogP contribution in [-0.2, 0) is 16.3 Å². The first-order chi connectivity index (χ1) is 8.55. The zero-order valence-electron chi connectivity index (χ0n) is 10.3. The number of anilines is 1. The number of nitrogens with two attached hydrogens (primary N) is 1. The van der Waals surface area contributed by atoms with E-state index in [1.165, 1.54) is 11.1 Å². The summed E-state index contributed by atoms with van der Waals surface area (Å²) in [5, 5.41) is 0. The average molecular weight is 266 g/mol. The summed E-state index contributed by atoms with van der Waals surface area (Å²) in [5.41, 5.74) is 9.28. The average Bonchev–Trinajstić information content (AvgIpc) is 2.72. The van der Waals surface area contributed by atoms with Crippen LogP contribution in [0, 0.1) is 0 Å². The smallest absolute Gasteiger partial charge is 0.152 e. The van der Waals surface area contributed by atoms with E-state index in [-0.39, 0.29) is 0 Å². The third-order valence-electron chi connectivity index (χ3n) is 4.03. The third-order valence-corrected chi connectivity index (χ3v) is 5.64. The molecule has 4 nitrogen and oxygen atoms in total. The number of nitrogens with zero attached hydrogens (tertiary/aromatic N) is 1. The maximum absolute atomic E-state index is 11.5. The maximum Gasteiger partial charge on any atom is 0.152 e. The minimum Gasteiger partial charge on any atom is -0.399 e. The molecular formula is C13H18N2O2S. The quantitative estimate of drug-likeness (QED) is 0.770. The van der Waals surface area contributed by atoms with Gasteiger partial charge in [-0.1, -0.05) is 6.07 Å². The molecule has 1 saturated heterocycles. The van der Waals surface area contributed by atoms with Gasteiger partial charge in [0.2, 0.25) is 0 Å². The third kappa shape index (κ3) is 2.12. The molecule has 0 spiro atoms. The fraction of sp³-hybridized carbons (Fsp3) is 0.538. The van der Waals surface area contributed by atoms with E-state index in [1.807, 2.05) is 6.07 Å². The van der Waals surface area contributed by atoms with Gasteiger partial charge in [-0.05, 0) is 36.1 Å². The highest BCUT2D eigenvalue weighted by Crippen LogP contribution is 2.37. The molecule has 1 aromatic carbocycles. The van der Waals surface area contributed by atoms with E-state index in [9.17, 15) is 8.42 Å². The summed E-state index contributed by atoms with van der Waals surface area (Å²) < 4.78 is 22.9. The molecule has 1 heterocycles. The van der Waals surface area contributed by atoms with Crippen molar-refractivity contribution in [2.75, 3.05) is 30.3 Å². The number of hydrogen-bond acceptors (Lipinski definition) is 4. The van der Waals surface area contributed by atoms with E-state index in [4.69, 9.17) is 5.73 Å². The molecule has 1 unspecified atom stereocenters. The normalized spacial score (nSPS) is 27.0. The van der Waals surface area contributed by atoms with Crippen LogP contribution in [0.15, 0.2) is 18.2 Å². The Morgan fingerprint density at radius 3 is 2.67 bits per heavy atom. The van der Waals surface area contributed by atoms with Gasteiger partial charge in [0.1, 0.15) is 0 Å². The van der Waals surface area contributed by atoms with Crippen molar-refractivity contribution in [1.82, 2.24) is 4.90 Å². The number of rotatable bonds is 1. The van der Waals surface area contributed by atoms with Crippen LogP contribution in [0.5, 0.6) is 0 Å². The van der Waals surface area contributed by atoms with Crippen LogP contribution in [0.3, 0.4) is 0 Å². The summed E-state index contributed by atoms with van der Waals surface area (Å²) in [6.45, 7) is 1.33. The first-order valence-electron chi connectivity index (χ1n) is 6.38. The number of hydrogen-bond donors (Lipinski definition) is 1. The largest absolute Gasteiger partial charge is 0.399 e. The Kier molecular flexibility index (Phi) is 2.83. The van der Waals surface area contributed by atoms with Gasteiger partial charge in [-0.15, -0.1) is 0 Å². The molecule has 2 N–H and O–H groups in total. The number of fused-ring (bicyclic) bond motifs is 1. The topological polar surface area (TPSA) is 63.4 Å². The molecule has 0 amide bonds. The predicted molar refractivity (Wildman–Crippen MR) is 72.1 cm³/mol. The second-order valence-electron chi connectivity index (χ2n) is 5.20. The second-order valence-corrected chi connectivity index (χ2v) is 7.50. The first kappa shape index (κ1) is 12.0. The fourth-order valence-corrected chi connectivity index (χ4v) is 4.26. The van der Waals surface area contributed by atoms with Crippen molar-refractivity contribution in [2.24, 2.45) is 0 Å². The lowest BCUT2D eigenvalue weighted by molar-refractivity contribution is 0.213. The van der Waals surface area contributed by atoms with Gasteiger partial charge >= 0.3 is 0 Å². The number of benzene rings is 1. The summed E-state index contributed by atoms with van der Waals surface area (Å²) in [4.78, 5) is 2.31. The highest BCUT2D eigenvalue weighted by Gasteiger charge is 2.31. The monoisotopic (exact) mass is 266 g/mol. The second kappa shape index (κ2) is 4.24. The van der Waals surface area contributed by atoms with Crippen molar-refractivity contribution in [3.8, 4) is 0 Å². The Morgan fingerprint density at radius 1 is 1.22 bits per heavy atom. The van der Waals surface area contributed by atoms with E-state index in [1.54, 1.807) is 0 Å². The van der Waals surface area contributed by atoms with Gasteiger partial charge in [0.05, 0.1) is 11.5 Å². The summed E-state index contributed by atoms with van der Waals surface area (Å²) in [5.74, 6) is 0.599. The first-order valence-corrected chi connectivity index (χ1v) is 8.20. The Balaban J connectivity index is 1.81. The molecule has 2 aliphatic rings. The van der Waals surface area contributed by atoms with Crippen LogP contribution >= 0.6 is 0 Å². The van der Waals surface area contributed by atoms with Gasteiger partial charge in [0.25, 0.3) is 0 Å². The number of nitrogen functional groups attached to an aromatic ring is 1. The lowest BCUT2D eigenvalue weighted by Gasteiger charge is -2.32. The highest BCUT2D eigenvalue weighted by atomic mass is 32.2. The zero-order valence-corrected chi connectivity index (χ0v) is 11.1. The molecule has 1 aliphatic heterocycles. The standard InChI is InChI=1S/C13H18N2O2S/c14-11-2-3-12-10(9-11)1-4-13(12)15-5-7-18(16,17)8-6-15/h2-3,9,13H,1,4-8,14H2. The van der Waals surface area contributed by atoms with Crippen LogP contribution < -0.4 is 5.73 Å². The molecule has 1 atom stereocenters. The molecule has 1 fully saturated rings. The Labute approximate surface area is 108 Å². The molecule has 0 radical (unpaired) electrons. The van der Waals surface area contributed by atoms with Gasteiger partial charge in [-0.2, -0.15) is 0 Å². The van der Waals surface area contributed by atoms with Gasteiger partial charge in [-0.25, -0.2) is 8.42 Å². The Bertz CT molecular complexity index is 554. The molecule has 1 aromatic rings. The van der Waals surface area contributed by atoms with Crippen molar-refractivity contribution in [1.29, 1.82) is 0 Å². The minimum absolute atomic E-state index is 0.299. The van der Waals surface area contributed by atoms with Crippen molar-refractivity contribution >= 4 is 15.5 Å². The molecule has 0 bridgehead atoms. The minimum atomic E-state index is -2.79.